The van der Waals surface area contributed by atoms with Crippen LogP contribution in [0.1, 0.15) is 63.7 Å². The highest BCUT2D eigenvalue weighted by atomic mass is 19.4. The lowest BCUT2D eigenvalue weighted by Gasteiger charge is -2.30. The van der Waals surface area contributed by atoms with E-state index >= 15 is 0 Å². The molecule has 0 amide bonds. The minimum absolute atomic E-state index is 0.0341. The van der Waals surface area contributed by atoms with Crippen molar-refractivity contribution in [2.45, 2.75) is 60.2 Å². The number of halogens is 3. The normalized spacial score (nSPS) is 14.7. The standard InChI is InChI=1S/C34H34F3NO5/c1-19-6-8-24(9-7-19)33(40)42-27-11-10-25-29(39)31(41-28-17-21(3)16-22(4)23(28)5)32(34(35,36)37)43-30(25)26(27)18-38-14-12-20(2)13-15-38/h6-11,16-17,20H,12-15,18H2,1-5H3. The fraction of sp³-hybridized carbons (Fsp3) is 0.353. The minimum Gasteiger partial charge on any atom is -0.449 e. The molecule has 1 aromatic heterocycles. The number of esters is 1. The molecule has 2 heterocycles. The Kier molecular flexibility index (Phi) is 8.38. The predicted molar refractivity (Wildman–Crippen MR) is 158 cm³/mol. The summed E-state index contributed by atoms with van der Waals surface area (Å²) in [7, 11) is 0. The number of alkyl halides is 3. The number of carbonyl (C=O) groups is 1. The summed E-state index contributed by atoms with van der Waals surface area (Å²) in [6, 6.07) is 13.0. The lowest BCUT2D eigenvalue weighted by atomic mass is 9.98. The van der Waals surface area contributed by atoms with E-state index < -0.39 is 29.1 Å². The Hall–Kier alpha value is -4.11. The fourth-order valence-corrected chi connectivity index (χ4v) is 5.31. The van der Waals surface area contributed by atoms with Crippen LogP contribution in [0.3, 0.4) is 0 Å². The van der Waals surface area contributed by atoms with E-state index in [-0.39, 0.29) is 40.1 Å². The van der Waals surface area contributed by atoms with E-state index in [1.165, 1.54) is 12.1 Å². The van der Waals surface area contributed by atoms with Gasteiger partial charge in [-0.25, -0.2) is 4.79 Å². The minimum atomic E-state index is -5.04. The molecule has 0 saturated carbocycles. The number of benzene rings is 3. The summed E-state index contributed by atoms with van der Waals surface area (Å²) in [4.78, 5) is 28.9. The molecule has 226 valence electrons. The molecule has 9 heteroatoms. The Morgan fingerprint density at radius 1 is 0.953 bits per heavy atom. The first-order valence-corrected chi connectivity index (χ1v) is 14.3. The van der Waals surface area contributed by atoms with Crippen LogP contribution in [0.4, 0.5) is 13.2 Å². The second-order valence-electron chi connectivity index (χ2n) is 11.5. The first-order chi connectivity index (χ1) is 20.3. The monoisotopic (exact) mass is 593 g/mol. The summed E-state index contributed by atoms with van der Waals surface area (Å²) in [5.74, 6) is -2.45. The third-order valence-corrected chi connectivity index (χ3v) is 8.06. The molecule has 0 spiro atoms. The van der Waals surface area contributed by atoms with Gasteiger partial charge in [-0.2, -0.15) is 13.2 Å². The van der Waals surface area contributed by atoms with Crippen LogP contribution in [0, 0.1) is 33.6 Å². The summed E-state index contributed by atoms with van der Waals surface area (Å²) in [5, 5.41) is -0.0967. The highest BCUT2D eigenvalue weighted by molar-refractivity contribution is 5.92. The molecule has 5 rings (SSSR count). The van der Waals surface area contributed by atoms with Gasteiger partial charge in [-0.05, 0) is 107 Å². The van der Waals surface area contributed by atoms with Crippen LogP contribution in [0.25, 0.3) is 11.0 Å². The van der Waals surface area contributed by atoms with Crippen LogP contribution in [-0.4, -0.2) is 24.0 Å². The Bertz CT molecular complexity index is 1730. The molecule has 0 aliphatic carbocycles. The lowest BCUT2D eigenvalue weighted by Crippen LogP contribution is -2.32. The average molecular weight is 594 g/mol. The van der Waals surface area contributed by atoms with Gasteiger partial charge in [-0.3, -0.25) is 9.69 Å². The van der Waals surface area contributed by atoms with Crippen LogP contribution in [-0.2, 0) is 12.7 Å². The lowest BCUT2D eigenvalue weighted by molar-refractivity contribution is -0.154. The van der Waals surface area contributed by atoms with Gasteiger partial charge in [0.1, 0.15) is 17.1 Å². The van der Waals surface area contributed by atoms with E-state index in [0.29, 0.717) is 24.6 Å². The number of nitrogens with zero attached hydrogens (tertiary/aromatic N) is 1. The molecule has 43 heavy (non-hydrogen) atoms. The zero-order chi connectivity index (χ0) is 31.1. The third kappa shape index (κ3) is 6.46. The van der Waals surface area contributed by atoms with Gasteiger partial charge in [-0.1, -0.05) is 30.7 Å². The van der Waals surface area contributed by atoms with Crippen molar-refractivity contribution in [1.82, 2.24) is 4.90 Å². The summed E-state index contributed by atoms with van der Waals surface area (Å²) < 4.78 is 60.5. The van der Waals surface area contributed by atoms with Crippen molar-refractivity contribution in [2.24, 2.45) is 5.92 Å². The second kappa shape index (κ2) is 11.9. The Labute approximate surface area is 248 Å². The second-order valence-corrected chi connectivity index (χ2v) is 11.5. The molecule has 0 unspecified atom stereocenters. The highest BCUT2D eigenvalue weighted by Gasteiger charge is 2.41. The van der Waals surface area contributed by atoms with E-state index in [1.54, 1.807) is 44.2 Å². The van der Waals surface area contributed by atoms with Crippen molar-refractivity contribution in [2.75, 3.05) is 13.1 Å². The fourth-order valence-electron chi connectivity index (χ4n) is 5.31. The maximum atomic E-state index is 14.5. The summed E-state index contributed by atoms with van der Waals surface area (Å²) in [5.41, 5.74) is 2.39. The summed E-state index contributed by atoms with van der Waals surface area (Å²) in [6.45, 7) is 10.9. The topological polar surface area (TPSA) is 69.0 Å². The molecule has 1 saturated heterocycles. The molecule has 0 radical (unpaired) electrons. The maximum Gasteiger partial charge on any atom is 0.453 e. The Morgan fingerprint density at radius 3 is 2.28 bits per heavy atom. The van der Waals surface area contributed by atoms with E-state index in [1.807, 2.05) is 19.9 Å². The maximum absolute atomic E-state index is 14.5. The molecule has 0 bridgehead atoms. The zero-order valence-electron chi connectivity index (χ0n) is 24.9. The highest BCUT2D eigenvalue weighted by Crippen LogP contribution is 2.41. The van der Waals surface area contributed by atoms with Crippen LogP contribution in [0.2, 0.25) is 0 Å². The summed E-state index contributed by atoms with van der Waals surface area (Å²) >= 11 is 0. The van der Waals surface area contributed by atoms with Gasteiger partial charge in [0.25, 0.3) is 5.76 Å². The number of carbonyl (C=O) groups excluding carboxylic acids is 1. The molecule has 0 atom stereocenters. The quantitative estimate of drug-likeness (QED) is 0.166. The van der Waals surface area contributed by atoms with Crippen molar-refractivity contribution in [3.63, 3.8) is 0 Å². The van der Waals surface area contributed by atoms with Crippen molar-refractivity contribution in [1.29, 1.82) is 0 Å². The molecular weight excluding hydrogens is 559 g/mol. The van der Waals surface area contributed by atoms with E-state index in [0.717, 1.165) is 29.5 Å². The van der Waals surface area contributed by atoms with E-state index in [9.17, 15) is 22.8 Å². The van der Waals surface area contributed by atoms with Crippen molar-refractivity contribution < 1.29 is 31.9 Å². The molecule has 6 nitrogen and oxygen atoms in total. The van der Waals surface area contributed by atoms with E-state index in [4.69, 9.17) is 13.9 Å². The number of likely N-dealkylation sites (tertiary alicyclic amines) is 1. The number of fused-ring (bicyclic) bond motifs is 1. The van der Waals surface area contributed by atoms with Gasteiger partial charge in [0, 0.05) is 6.54 Å². The first-order valence-electron chi connectivity index (χ1n) is 14.3. The van der Waals surface area contributed by atoms with Gasteiger partial charge in [0.2, 0.25) is 11.2 Å². The van der Waals surface area contributed by atoms with Crippen molar-refractivity contribution in [3.05, 3.63) is 97.9 Å². The van der Waals surface area contributed by atoms with Crippen LogP contribution in [0.5, 0.6) is 17.2 Å². The molecule has 4 aromatic rings. The molecule has 1 fully saturated rings. The number of hydrogen-bond acceptors (Lipinski definition) is 6. The van der Waals surface area contributed by atoms with Crippen LogP contribution >= 0.6 is 0 Å². The van der Waals surface area contributed by atoms with Gasteiger partial charge < -0.3 is 13.9 Å². The van der Waals surface area contributed by atoms with Gasteiger partial charge >= 0.3 is 12.1 Å². The average Bonchev–Trinajstić information content (AvgIpc) is 2.94. The zero-order valence-corrected chi connectivity index (χ0v) is 24.9. The molecule has 3 aromatic carbocycles. The number of hydrogen-bond donors (Lipinski definition) is 0. The largest absolute Gasteiger partial charge is 0.453 e. The number of rotatable bonds is 6. The number of ether oxygens (including phenoxy) is 2. The first kappa shape index (κ1) is 30.4. The number of aryl methyl sites for hydroxylation is 3. The SMILES string of the molecule is Cc1ccc(C(=O)Oc2ccc3c(=O)c(Oc4cc(C)cc(C)c4C)c(C(F)(F)F)oc3c2CN2CCC(C)CC2)cc1. The van der Waals surface area contributed by atoms with Gasteiger partial charge in [0.05, 0.1) is 16.5 Å². The van der Waals surface area contributed by atoms with Gasteiger partial charge in [-0.15, -0.1) is 0 Å². The third-order valence-electron chi connectivity index (χ3n) is 8.06. The molecular formula is C34H34F3NO5. The predicted octanol–water partition coefficient (Wildman–Crippen LogP) is 8.29. The van der Waals surface area contributed by atoms with Gasteiger partial charge in [0.15, 0.2) is 0 Å². The Morgan fingerprint density at radius 2 is 1.63 bits per heavy atom. The van der Waals surface area contributed by atoms with Crippen LogP contribution in [0.15, 0.2) is 57.7 Å². The molecule has 1 aliphatic rings. The molecule has 1 aliphatic heterocycles. The van der Waals surface area contributed by atoms with E-state index in [2.05, 4.69) is 11.8 Å². The molecule has 0 N–H and O–H groups in total. The summed E-state index contributed by atoms with van der Waals surface area (Å²) in [6.07, 6.45) is -3.22. The number of piperidine rings is 1. The smallest absolute Gasteiger partial charge is 0.449 e. The van der Waals surface area contributed by atoms with Crippen LogP contribution < -0.4 is 14.9 Å². The van der Waals surface area contributed by atoms with Crippen molar-refractivity contribution >= 4 is 16.9 Å². The van der Waals surface area contributed by atoms with Crippen molar-refractivity contribution in [3.8, 4) is 17.2 Å². The Balaban J connectivity index is 1.67.